The summed E-state index contributed by atoms with van der Waals surface area (Å²) < 4.78 is 0. The van der Waals surface area contributed by atoms with Crippen molar-refractivity contribution in [3.05, 3.63) is 23.4 Å². The van der Waals surface area contributed by atoms with Crippen molar-refractivity contribution in [1.29, 1.82) is 0 Å². The van der Waals surface area contributed by atoms with E-state index in [1.165, 1.54) is 0 Å². The number of nitrogens with zero attached hydrogens (tertiary/aromatic N) is 3. The van der Waals surface area contributed by atoms with Crippen LogP contribution in [0.4, 0.5) is 5.82 Å². The molecule has 7 heteroatoms. The third-order valence-electron chi connectivity index (χ3n) is 4.08. The number of rotatable bonds is 4. The first-order valence-electron chi connectivity index (χ1n) is 7.30. The lowest BCUT2D eigenvalue weighted by molar-refractivity contribution is -0.136. The molecule has 6 nitrogen and oxygen atoms in total. The summed E-state index contributed by atoms with van der Waals surface area (Å²) in [6.07, 6.45) is 3.08. The van der Waals surface area contributed by atoms with Gasteiger partial charge in [0, 0.05) is 25.8 Å². The Balaban J connectivity index is 2.00. The van der Waals surface area contributed by atoms with Gasteiger partial charge < -0.3 is 15.5 Å². The fourth-order valence-electron chi connectivity index (χ4n) is 2.66. The maximum atomic E-state index is 12.5. The number of hydrogen-bond donors (Lipinski definition) is 1. The molecule has 0 radical (unpaired) electrons. The zero-order chi connectivity index (χ0) is 16.3. The van der Waals surface area contributed by atoms with Gasteiger partial charge in [-0.1, -0.05) is 11.6 Å². The minimum Gasteiger partial charge on any atom is -0.369 e. The number of primary amides is 1. The van der Waals surface area contributed by atoms with Gasteiger partial charge in [0.25, 0.3) is 0 Å². The van der Waals surface area contributed by atoms with E-state index in [0.717, 1.165) is 12.8 Å². The Morgan fingerprint density at radius 3 is 2.77 bits per heavy atom. The zero-order valence-electron chi connectivity index (χ0n) is 12.8. The third-order valence-corrected chi connectivity index (χ3v) is 4.30. The van der Waals surface area contributed by atoms with Crippen LogP contribution in [0, 0.1) is 5.92 Å². The molecule has 0 aliphatic carbocycles. The molecule has 22 heavy (non-hydrogen) atoms. The summed E-state index contributed by atoms with van der Waals surface area (Å²) >= 11 is 5.81. The van der Waals surface area contributed by atoms with E-state index in [0.29, 0.717) is 17.4 Å². The Bertz CT molecular complexity index is 549. The maximum Gasteiger partial charge on any atom is 0.242 e. The van der Waals surface area contributed by atoms with Gasteiger partial charge in [0.05, 0.1) is 17.5 Å². The number of likely N-dealkylation sites (N-methyl/N-ethyl adjacent to an activating group) is 1. The van der Waals surface area contributed by atoms with Crippen LogP contribution in [0.3, 0.4) is 0 Å². The predicted molar refractivity (Wildman–Crippen MR) is 85.6 cm³/mol. The first kappa shape index (κ1) is 16.5. The van der Waals surface area contributed by atoms with Gasteiger partial charge in [-0.2, -0.15) is 0 Å². The molecule has 1 aliphatic heterocycles. The number of carbonyl (C=O) groups is 2. The van der Waals surface area contributed by atoms with Gasteiger partial charge in [0.2, 0.25) is 11.8 Å². The van der Waals surface area contributed by atoms with Crippen LogP contribution in [-0.4, -0.2) is 47.9 Å². The van der Waals surface area contributed by atoms with E-state index in [9.17, 15) is 9.59 Å². The third kappa shape index (κ3) is 3.88. The van der Waals surface area contributed by atoms with Crippen LogP contribution in [0.1, 0.15) is 19.8 Å². The lowest BCUT2D eigenvalue weighted by Crippen LogP contribution is -2.51. The van der Waals surface area contributed by atoms with Crippen LogP contribution in [0.15, 0.2) is 18.3 Å². The number of anilines is 1. The van der Waals surface area contributed by atoms with Crippen LogP contribution in [0.2, 0.25) is 5.02 Å². The van der Waals surface area contributed by atoms with Gasteiger partial charge in [0.1, 0.15) is 5.82 Å². The normalized spacial score (nSPS) is 21.5. The quantitative estimate of drug-likeness (QED) is 0.905. The number of aromatic nitrogens is 1. The number of amides is 2. The summed E-state index contributed by atoms with van der Waals surface area (Å²) in [4.78, 5) is 31.6. The van der Waals surface area contributed by atoms with Crippen molar-refractivity contribution < 1.29 is 9.59 Å². The lowest BCUT2D eigenvalue weighted by Gasteiger charge is -2.37. The monoisotopic (exact) mass is 324 g/mol. The van der Waals surface area contributed by atoms with E-state index in [1.54, 1.807) is 35.2 Å². The second-order valence-corrected chi connectivity index (χ2v) is 6.20. The molecule has 0 aromatic carbocycles. The number of halogens is 1. The van der Waals surface area contributed by atoms with Gasteiger partial charge >= 0.3 is 0 Å². The van der Waals surface area contributed by atoms with E-state index in [1.807, 2.05) is 6.92 Å². The molecule has 1 aromatic heterocycles. The highest BCUT2D eigenvalue weighted by atomic mass is 35.5. The van der Waals surface area contributed by atoms with E-state index >= 15 is 0 Å². The molecule has 0 bridgehead atoms. The molecule has 2 heterocycles. The van der Waals surface area contributed by atoms with Gasteiger partial charge in [-0.3, -0.25) is 9.59 Å². The van der Waals surface area contributed by atoms with Crippen molar-refractivity contribution in [2.45, 2.75) is 25.8 Å². The largest absolute Gasteiger partial charge is 0.369 e. The number of piperidine rings is 1. The SMILES string of the molecule is C[C@@H]1CC[C@H](C(N)=O)CN1C(=O)CN(C)c1ccc(Cl)cn1. The lowest BCUT2D eigenvalue weighted by atomic mass is 9.93. The van der Waals surface area contributed by atoms with Crippen molar-refractivity contribution in [3.8, 4) is 0 Å². The molecule has 1 saturated heterocycles. The van der Waals surface area contributed by atoms with Gasteiger partial charge in [-0.25, -0.2) is 4.98 Å². The van der Waals surface area contributed by atoms with E-state index in [4.69, 9.17) is 17.3 Å². The van der Waals surface area contributed by atoms with Crippen molar-refractivity contribution in [3.63, 3.8) is 0 Å². The second kappa shape index (κ2) is 6.96. The van der Waals surface area contributed by atoms with Crippen LogP contribution in [0.25, 0.3) is 0 Å². The number of carbonyl (C=O) groups excluding carboxylic acids is 2. The van der Waals surface area contributed by atoms with Gasteiger partial charge in [-0.15, -0.1) is 0 Å². The smallest absolute Gasteiger partial charge is 0.242 e. The summed E-state index contributed by atoms with van der Waals surface area (Å²) in [6.45, 7) is 2.59. The fourth-order valence-corrected chi connectivity index (χ4v) is 2.77. The summed E-state index contributed by atoms with van der Waals surface area (Å²) in [6, 6.07) is 3.62. The molecule has 120 valence electrons. The molecule has 0 unspecified atom stereocenters. The van der Waals surface area contributed by atoms with E-state index < -0.39 is 0 Å². The Labute approximate surface area is 135 Å². The molecule has 2 atom stereocenters. The minimum atomic E-state index is -0.336. The van der Waals surface area contributed by atoms with E-state index in [2.05, 4.69) is 4.98 Å². The van der Waals surface area contributed by atoms with Crippen molar-refractivity contribution in [1.82, 2.24) is 9.88 Å². The molecular formula is C15H21ClN4O2. The average molecular weight is 325 g/mol. The predicted octanol–water partition coefficient (Wildman–Crippen LogP) is 1.28. The molecule has 2 amide bonds. The second-order valence-electron chi connectivity index (χ2n) is 5.76. The highest BCUT2D eigenvalue weighted by Crippen LogP contribution is 2.22. The fraction of sp³-hybridized carbons (Fsp3) is 0.533. The number of nitrogens with two attached hydrogens (primary N) is 1. The first-order chi connectivity index (χ1) is 10.4. The summed E-state index contributed by atoms with van der Waals surface area (Å²) in [5, 5.41) is 0.553. The number of hydrogen-bond acceptors (Lipinski definition) is 4. The van der Waals surface area contributed by atoms with Crippen molar-refractivity contribution >= 4 is 29.2 Å². The zero-order valence-corrected chi connectivity index (χ0v) is 13.6. The van der Waals surface area contributed by atoms with Crippen molar-refractivity contribution in [2.24, 2.45) is 11.7 Å². The summed E-state index contributed by atoms with van der Waals surface area (Å²) in [5.74, 6) is 0.0584. The Hall–Kier alpha value is -1.82. The van der Waals surface area contributed by atoms with Gasteiger partial charge in [0.15, 0.2) is 0 Å². The number of pyridine rings is 1. The van der Waals surface area contributed by atoms with Crippen LogP contribution in [0.5, 0.6) is 0 Å². The highest BCUT2D eigenvalue weighted by molar-refractivity contribution is 6.30. The average Bonchev–Trinajstić information content (AvgIpc) is 2.47. The minimum absolute atomic E-state index is 0.0299. The maximum absolute atomic E-state index is 12.5. The highest BCUT2D eigenvalue weighted by Gasteiger charge is 2.31. The van der Waals surface area contributed by atoms with Crippen LogP contribution < -0.4 is 10.6 Å². The van der Waals surface area contributed by atoms with Gasteiger partial charge in [-0.05, 0) is 31.9 Å². The Kier molecular flexibility index (Phi) is 5.24. The molecule has 2 rings (SSSR count). The van der Waals surface area contributed by atoms with Crippen LogP contribution in [-0.2, 0) is 9.59 Å². The molecule has 0 spiro atoms. The molecule has 0 saturated carbocycles. The Morgan fingerprint density at radius 1 is 1.45 bits per heavy atom. The molecule has 1 aromatic rings. The number of likely N-dealkylation sites (tertiary alicyclic amines) is 1. The molecule has 2 N–H and O–H groups in total. The van der Waals surface area contributed by atoms with Crippen LogP contribution >= 0.6 is 11.6 Å². The topological polar surface area (TPSA) is 79.5 Å². The first-order valence-corrected chi connectivity index (χ1v) is 7.67. The molecule has 1 aliphatic rings. The summed E-state index contributed by atoms with van der Waals surface area (Å²) in [7, 11) is 1.80. The molecular weight excluding hydrogens is 304 g/mol. The summed E-state index contributed by atoms with van der Waals surface area (Å²) in [5.41, 5.74) is 5.37. The van der Waals surface area contributed by atoms with Crippen molar-refractivity contribution in [2.75, 3.05) is 25.0 Å². The Morgan fingerprint density at radius 2 is 2.18 bits per heavy atom. The molecule has 1 fully saturated rings. The van der Waals surface area contributed by atoms with E-state index in [-0.39, 0.29) is 30.3 Å². The standard InChI is InChI=1S/C15H21ClN4O2/c1-10-3-4-11(15(17)22)8-20(10)14(21)9-19(2)13-6-5-12(16)7-18-13/h5-7,10-11H,3-4,8-9H2,1-2H3,(H2,17,22)/t10-,11+/m1/s1.